The minimum atomic E-state index is -0.0257. The summed E-state index contributed by atoms with van der Waals surface area (Å²) in [6.07, 6.45) is 0.596. The van der Waals surface area contributed by atoms with Crippen molar-refractivity contribution in [1.82, 2.24) is 4.90 Å². The number of carbonyl (C=O) groups excluding carboxylic acids is 1. The third kappa shape index (κ3) is 5.94. The molecular formula is C15H23Cl2NO. The summed E-state index contributed by atoms with van der Waals surface area (Å²) in [6, 6.07) is 7.62. The van der Waals surface area contributed by atoms with Crippen LogP contribution in [0.5, 0.6) is 0 Å². The first-order chi connectivity index (χ1) is 8.41. The van der Waals surface area contributed by atoms with Gasteiger partial charge in [-0.05, 0) is 37.7 Å². The van der Waals surface area contributed by atoms with Gasteiger partial charge in [0.05, 0.1) is 0 Å². The maximum absolute atomic E-state index is 12.3. The van der Waals surface area contributed by atoms with E-state index in [2.05, 4.69) is 13.8 Å². The second kappa shape index (κ2) is 8.57. The minimum absolute atomic E-state index is 0. The van der Waals surface area contributed by atoms with Gasteiger partial charge in [-0.3, -0.25) is 4.79 Å². The standard InChI is InChI=1S/C15H22ClNO.ClH/c1-11(2)15(14(18)9-10-17(3)4)12-5-7-13(16)8-6-12;/h5-8,11,15H,9-10H2,1-4H3;1H. The van der Waals surface area contributed by atoms with Crippen molar-refractivity contribution in [1.29, 1.82) is 0 Å². The van der Waals surface area contributed by atoms with Gasteiger partial charge in [0.25, 0.3) is 0 Å². The third-order valence-electron chi connectivity index (χ3n) is 3.05. The summed E-state index contributed by atoms with van der Waals surface area (Å²) in [5.74, 6) is 0.587. The molecule has 2 nitrogen and oxygen atoms in total. The van der Waals surface area contributed by atoms with Crippen LogP contribution in [0, 0.1) is 5.92 Å². The largest absolute Gasteiger partial charge is 0.309 e. The molecule has 0 aliphatic rings. The Morgan fingerprint density at radius 2 is 1.74 bits per heavy atom. The van der Waals surface area contributed by atoms with E-state index in [0.717, 1.165) is 12.1 Å². The molecule has 0 saturated carbocycles. The van der Waals surface area contributed by atoms with E-state index in [1.54, 1.807) is 0 Å². The quantitative estimate of drug-likeness (QED) is 0.791. The Morgan fingerprint density at radius 1 is 1.21 bits per heavy atom. The van der Waals surface area contributed by atoms with E-state index in [1.165, 1.54) is 0 Å². The van der Waals surface area contributed by atoms with Gasteiger partial charge in [0.1, 0.15) is 5.78 Å². The van der Waals surface area contributed by atoms with Crippen LogP contribution in [0.25, 0.3) is 0 Å². The second-order valence-corrected chi connectivity index (χ2v) is 5.73. The molecule has 1 atom stereocenters. The molecule has 0 fully saturated rings. The zero-order chi connectivity index (χ0) is 13.7. The lowest BCUT2D eigenvalue weighted by Gasteiger charge is -2.21. The average molecular weight is 304 g/mol. The smallest absolute Gasteiger partial charge is 0.141 e. The fourth-order valence-corrected chi connectivity index (χ4v) is 2.23. The average Bonchev–Trinajstić information content (AvgIpc) is 2.29. The summed E-state index contributed by atoms with van der Waals surface area (Å²) in [5, 5.41) is 0.710. The van der Waals surface area contributed by atoms with Crippen LogP contribution in [0.2, 0.25) is 5.02 Å². The van der Waals surface area contributed by atoms with Gasteiger partial charge in [-0.1, -0.05) is 37.6 Å². The van der Waals surface area contributed by atoms with Crippen LogP contribution in [-0.4, -0.2) is 31.3 Å². The van der Waals surface area contributed by atoms with Crippen LogP contribution < -0.4 is 0 Å². The number of rotatable bonds is 6. The molecule has 1 rings (SSSR count). The van der Waals surface area contributed by atoms with Crippen molar-refractivity contribution in [3.05, 3.63) is 34.9 Å². The van der Waals surface area contributed by atoms with Gasteiger partial charge in [-0.25, -0.2) is 0 Å². The maximum Gasteiger partial charge on any atom is 0.141 e. The van der Waals surface area contributed by atoms with Crippen LogP contribution in [0.15, 0.2) is 24.3 Å². The molecule has 1 unspecified atom stereocenters. The predicted octanol–water partition coefficient (Wildman–Crippen LogP) is 4.02. The highest BCUT2D eigenvalue weighted by molar-refractivity contribution is 6.30. The van der Waals surface area contributed by atoms with Gasteiger partial charge in [0, 0.05) is 23.9 Å². The van der Waals surface area contributed by atoms with Crippen LogP contribution in [0.4, 0.5) is 0 Å². The number of Topliss-reactive ketones (excluding diaryl/α,β-unsaturated/α-hetero) is 1. The van der Waals surface area contributed by atoms with Crippen LogP contribution in [-0.2, 0) is 4.79 Å². The monoisotopic (exact) mass is 303 g/mol. The molecule has 0 heterocycles. The first kappa shape index (κ1) is 18.4. The molecule has 0 radical (unpaired) electrons. The molecule has 0 spiro atoms. The minimum Gasteiger partial charge on any atom is -0.309 e. The number of hydrogen-bond acceptors (Lipinski definition) is 2. The van der Waals surface area contributed by atoms with E-state index in [-0.39, 0.29) is 18.3 Å². The molecule has 0 bridgehead atoms. The summed E-state index contributed by atoms with van der Waals surface area (Å²) in [6.45, 7) is 4.98. The van der Waals surface area contributed by atoms with Crippen molar-refractivity contribution in [2.45, 2.75) is 26.2 Å². The summed E-state index contributed by atoms with van der Waals surface area (Å²) in [5.41, 5.74) is 1.07. The van der Waals surface area contributed by atoms with E-state index in [9.17, 15) is 4.79 Å². The van der Waals surface area contributed by atoms with Crippen LogP contribution in [0.3, 0.4) is 0 Å². The molecule has 0 aliphatic carbocycles. The van der Waals surface area contributed by atoms with Gasteiger partial charge < -0.3 is 4.90 Å². The second-order valence-electron chi connectivity index (χ2n) is 5.29. The topological polar surface area (TPSA) is 20.3 Å². The van der Waals surface area contributed by atoms with Gasteiger partial charge >= 0.3 is 0 Å². The van der Waals surface area contributed by atoms with Gasteiger partial charge in [0.2, 0.25) is 0 Å². The van der Waals surface area contributed by atoms with Gasteiger partial charge in [-0.2, -0.15) is 0 Å². The fourth-order valence-electron chi connectivity index (χ4n) is 2.10. The number of ketones is 1. The Kier molecular flexibility index (Phi) is 8.31. The molecule has 0 N–H and O–H groups in total. The molecule has 19 heavy (non-hydrogen) atoms. The molecule has 108 valence electrons. The van der Waals surface area contributed by atoms with Crippen molar-refractivity contribution in [2.24, 2.45) is 5.92 Å². The van der Waals surface area contributed by atoms with Gasteiger partial charge in [-0.15, -0.1) is 12.4 Å². The lowest BCUT2D eigenvalue weighted by atomic mass is 9.84. The predicted molar refractivity (Wildman–Crippen MR) is 84.5 cm³/mol. The number of carbonyl (C=O) groups is 1. The Bertz CT molecular complexity index is 388. The number of benzene rings is 1. The summed E-state index contributed by atoms with van der Waals surface area (Å²) in [4.78, 5) is 14.4. The Labute approximate surface area is 127 Å². The lowest BCUT2D eigenvalue weighted by Crippen LogP contribution is -2.23. The van der Waals surface area contributed by atoms with Crippen molar-refractivity contribution in [3.8, 4) is 0 Å². The van der Waals surface area contributed by atoms with E-state index >= 15 is 0 Å². The van der Waals surface area contributed by atoms with Crippen LogP contribution in [0.1, 0.15) is 31.7 Å². The Balaban J connectivity index is 0.00000324. The fraction of sp³-hybridized carbons (Fsp3) is 0.533. The SMILES string of the molecule is CC(C)C(C(=O)CCN(C)C)c1ccc(Cl)cc1.Cl. The highest BCUT2D eigenvalue weighted by atomic mass is 35.5. The highest BCUT2D eigenvalue weighted by Crippen LogP contribution is 2.27. The Hall–Kier alpha value is -0.570. The van der Waals surface area contributed by atoms with E-state index in [4.69, 9.17) is 11.6 Å². The highest BCUT2D eigenvalue weighted by Gasteiger charge is 2.23. The van der Waals surface area contributed by atoms with Gasteiger partial charge in [0.15, 0.2) is 0 Å². The molecule has 4 heteroatoms. The number of halogens is 2. The summed E-state index contributed by atoms with van der Waals surface area (Å²) < 4.78 is 0. The van der Waals surface area contributed by atoms with E-state index in [1.807, 2.05) is 43.3 Å². The van der Waals surface area contributed by atoms with E-state index in [0.29, 0.717) is 23.1 Å². The molecule has 1 aromatic carbocycles. The number of hydrogen-bond donors (Lipinski definition) is 0. The molecule has 1 aromatic rings. The molecular weight excluding hydrogens is 281 g/mol. The van der Waals surface area contributed by atoms with Crippen molar-refractivity contribution < 1.29 is 4.79 Å². The lowest BCUT2D eigenvalue weighted by molar-refractivity contribution is -0.121. The molecule has 0 amide bonds. The van der Waals surface area contributed by atoms with E-state index < -0.39 is 0 Å². The normalized spacial score (nSPS) is 12.4. The zero-order valence-corrected chi connectivity index (χ0v) is 13.6. The van der Waals surface area contributed by atoms with Crippen molar-refractivity contribution in [3.63, 3.8) is 0 Å². The van der Waals surface area contributed by atoms with Crippen molar-refractivity contribution in [2.75, 3.05) is 20.6 Å². The molecule has 0 aromatic heterocycles. The maximum atomic E-state index is 12.3. The zero-order valence-electron chi connectivity index (χ0n) is 12.0. The molecule has 0 aliphatic heterocycles. The number of nitrogens with zero attached hydrogens (tertiary/aromatic N) is 1. The van der Waals surface area contributed by atoms with Crippen molar-refractivity contribution >= 4 is 29.8 Å². The molecule has 0 saturated heterocycles. The first-order valence-electron chi connectivity index (χ1n) is 6.34. The summed E-state index contributed by atoms with van der Waals surface area (Å²) >= 11 is 5.89. The van der Waals surface area contributed by atoms with Crippen LogP contribution >= 0.6 is 24.0 Å². The first-order valence-corrected chi connectivity index (χ1v) is 6.72. The summed E-state index contributed by atoms with van der Waals surface area (Å²) in [7, 11) is 3.97. The third-order valence-corrected chi connectivity index (χ3v) is 3.30. The Morgan fingerprint density at radius 3 is 2.16 bits per heavy atom.